The Hall–Kier alpha value is -2.01. The number of hydrogen-bond donors (Lipinski definition) is 1. The van der Waals surface area contributed by atoms with Crippen molar-refractivity contribution in [1.29, 1.82) is 0 Å². The van der Waals surface area contributed by atoms with E-state index >= 15 is 0 Å². The Kier molecular flexibility index (Phi) is 4.10. The van der Waals surface area contributed by atoms with Crippen molar-refractivity contribution in [3.8, 4) is 11.5 Å². The molecule has 0 saturated heterocycles. The van der Waals surface area contributed by atoms with Crippen molar-refractivity contribution in [2.75, 3.05) is 13.2 Å². The summed E-state index contributed by atoms with van der Waals surface area (Å²) in [4.78, 5) is 4.24. The Morgan fingerprint density at radius 2 is 2.05 bits per heavy atom. The van der Waals surface area contributed by atoms with Crippen molar-refractivity contribution >= 4 is 0 Å². The van der Waals surface area contributed by atoms with Crippen LogP contribution in [0.15, 0.2) is 28.8 Å². The number of nitrogens with zero attached hydrogens (tertiary/aromatic N) is 1. The molecule has 0 bridgehead atoms. The molecule has 3 rings (SSSR count). The fraction of sp³-hybridized carbons (Fsp3) is 0.438. The predicted molar refractivity (Wildman–Crippen MR) is 78.5 cm³/mol. The maximum absolute atomic E-state index is 5.70. The highest BCUT2D eigenvalue weighted by Crippen LogP contribution is 2.30. The van der Waals surface area contributed by atoms with Crippen LogP contribution in [0.25, 0.3) is 0 Å². The molecule has 1 aliphatic rings. The number of fused-ring (bicyclic) bond motifs is 1. The molecule has 1 aliphatic heterocycles. The monoisotopic (exact) mass is 288 g/mol. The van der Waals surface area contributed by atoms with Gasteiger partial charge < -0.3 is 19.2 Å². The summed E-state index contributed by atoms with van der Waals surface area (Å²) >= 11 is 0. The van der Waals surface area contributed by atoms with Gasteiger partial charge in [0.25, 0.3) is 0 Å². The van der Waals surface area contributed by atoms with E-state index in [0.29, 0.717) is 19.1 Å². The average molecular weight is 288 g/mol. The Morgan fingerprint density at radius 3 is 2.81 bits per heavy atom. The molecular weight excluding hydrogens is 268 g/mol. The van der Waals surface area contributed by atoms with Gasteiger partial charge in [-0.3, -0.25) is 0 Å². The van der Waals surface area contributed by atoms with Crippen LogP contribution in [0.4, 0.5) is 0 Å². The van der Waals surface area contributed by atoms with E-state index in [9.17, 15) is 0 Å². The quantitative estimate of drug-likeness (QED) is 0.937. The summed E-state index contributed by atoms with van der Waals surface area (Å²) in [6.45, 7) is 6.07. The van der Waals surface area contributed by atoms with E-state index in [-0.39, 0.29) is 6.04 Å². The molecule has 1 atom stereocenters. The van der Waals surface area contributed by atoms with E-state index in [1.165, 1.54) is 0 Å². The summed E-state index contributed by atoms with van der Waals surface area (Å²) in [6.07, 6.45) is 2.66. The lowest BCUT2D eigenvalue weighted by Gasteiger charge is -2.12. The van der Waals surface area contributed by atoms with Crippen LogP contribution in [-0.4, -0.2) is 18.2 Å². The first-order chi connectivity index (χ1) is 10.2. The van der Waals surface area contributed by atoms with Gasteiger partial charge in [0.15, 0.2) is 11.5 Å². The minimum atomic E-state index is 0.0645. The van der Waals surface area contributed by atoms with Crippen molar-refractivity contribution in [1.82, 2.24) is 10.3 Å². The van der Waals surface area contributed by atoms with Crippen LogP contribution < -0.4 is 14.8 Å². The zero-order chi connectivity index (χ0) is 14.7. The fourth-order valence-corrected chi connectivity index (χ4v) is 2.25. The SMILES string of the molecule is Cc1cnc(C(C)NCc2ccc3c(c2)OCCCO3)o1. The van der Waals surface area contributed by atoms with Crippen LogP contribution in [0.1, 0.15) is 36.6 Å². The topological polar surface area (TPSA) is 56.5 Å². The molecule has 112 valence electrons. The van der Waals surface area contributed by atoms with Crippen LogP contribution in [0, 0.1) is 6.92 Å². The van der Waals surface area contributed by atoms with Crippen molar-refractivity contribution in [2.24, 2.45) is 0 Å². The largest absolute Gasteiger partial charge is 0.490 e. The van der Waals surface area contributed by atoms with E-state index in [2.05, 4.69) is 10.3 Å². The van der Waals surface area contributed by atoms with Crippen LogP contribution in [0.3, 0.4) is 0 Å². The molecule has 0 radical (unpaired) electrons. The number of oxazole rings is 1. The van der Waals surface area contributed by atoms with E-state index < -0.39 is 0 Å². The first kappa shape index (κ1) is 13.9. The van der Waals surface area contributed by atoms with Crippen LogP contribution in [-0.2, 0) is 6.54 Å². The fourth-order valence-electron chi connectivity index (χ4n) is 2.25. The first-order valence-electron chi connectivity index (χ1n) is 7.26. The molecule has 0 spiro atoms. The summed E-state index contributed by atoms with van der Waals surface area (Å²) in [6, 6.07) is 6.11. The minimum Gasteiger partial charge on any atom is -0.490 e. The van der Waals surface area contributed by atoms with Gasteiger partial charge in [-0.15, -0.1) is 0 Å². The second-order valence-electron chi connectivity index (χ2n) is 5.24. The van der Waals surface area contributed by atoms with Gasteiger partial charge in [-0.05, 0) is 31.5 Å². The van der Waals surface area contributed by atoms with Crippen LogP contribution in [0.2, 0.25) is 0 Å². The third-order valence-corrected chi connectivity index (χ3v) is 3.43. The summed E-state index contributed by atoms with van der Waals surface area (Å²) in [7, 11) is 0. The number of nitrogens with one attached hydrogen (secondary N) is 1. The molecule has 0 aliphatic carbocycles. The molecule has 5 nitrogen and oxygen atoms in total. The zero-order valence-electron chi connectivity index (χ0n) is 12.4. The first-order valence-corrected chi connectivity index (χ1v) is 7.26. The van der Waals surface area contributed by atoms with Gasteiger partial charge in [0.2, 0.25) is 5.89 Å². The smallest absolute Gasteiger partial charge is 0.211 e. The molecule has 2 heterocycles. The highest BCUT2D eigenvalue weighted by molar-refractivity contribution is 5.43. The van der Waals surface area contributed by atoms with Gasteiger partial charge in [0.1, 0.15) is 5.76 Å². The predicted octanol–water partition coefficient (Wildman–Crippen LogP) is 3.00. The van der Waals surface area contributed by atoms with Gasteiger partial charge in [-0.25, -0.2) is 4.98 Å². The Balaban J connectivity index is 1.64. The number of aromatic nitrogens is 1. The van der Waals surface area contributed by atoms with Gasteiger partial charge in [0, 0.05) is 13.0 Å². The van der Waals surface area contributed by atoms with E-state index in [0.717, 1.165) is 35.8 Å². The molecule has 0 amide bonds. The normalized spacial score (nSPS) is 15.5. The summed E-state index contributed by atoms with van der Waals surface area (Å²) in [5.41, 5.74) is 1.15. The minimum absolute atomic E-state index is 0.0645. The van der Waals surface area contributed by atoms with Crippen molar-refractivity contribution in [2.45, 2.75) is 32.9 Å². The van der Waals surface area contributed by atoms with Gasteiger partial charge >= 0.3 is 0 Å². The summed E-state index contributed by atoms with van der Waals surface area (Å²) < 4.78 is 16.9. The van der Waals surface area contributed by atoms with E-state index in [1.54, 1.807) is 6.20 Å². The number of aryl methyl sites for hydroxylation is 1. The maximum atomic E-state index is 5.70. The van der Waals surface area contributed by atoms with Crippen molar-refractivity contribution in [3.63, 3.8) is 0 Å². The average Bonchev–Trinajstić information content (AvgIpc) is 2.79. The number of rotatable bonds is 4. The third kappa shape index (κ3) is 3.36. The number of ether oxygens (including phenoxy) is 2. The third-order valence-electron chi connectivity index (χ3n) is 3.43. The second-order valence-corrected chi connectivity index (χ2v) is 5.24. The molecule has 2 aromatic rings. The molecule has 1 aromatic carbocycles. The molecule has 1 aromatic heterocycles. The molecule has 0 fully saturated rings. The Labute approximate surface area is 124 Å². The number of benzene rings is 1. The molecule has 5 heteroatoms. The Bertz CT molecular complexity index is 609. The van der Waals surface area contributed by atoms with Crippen LogP contribution >= 0.6 is 0 Å². The second kappa shape index (κ2) is 6.18. The highest BCUT2D eigenvalue weighted by atomic mass is 16.5. The molecule has 1 unspecified atom stereocenters. The molecule has 21 heavy (non-hydrogen) atoms. The Morgan fingerprint density at radius 1 is 1.24 bits per heavy atom. The van der Waals surface area contributed by atoms with Gasteiger partial charge in [0.05, 0.1) is 25.5 Å². The lowest BCUT2D eigenvalue weighted by molar-refractivity contribution is 0.297. The van der Waals surface area contributed by atoms with E-state index in [1.807, 2.05) is 32.0 Å². The molecular formula is C16H20N2O3. The van der Waals surface area contributed by atoms with E-state index in [4.69, 9.17) is 13.9 Å². The van der Waals surface area contributed by atoms with Gasteiger partial charge in [-0.1, -0.05) is 6.07 Å². The maximum Gasteiger partial charge on any atom is 0.211 e. The van der Waals surface area contributed by atoms with Crippen LogP contribution in [0.5, 0.6) is 11.5 Å². The lowest BCUT2D eigenvalue weighted by Crippen LogP contribution is -2.18. The molecule has 1 N–H and O–H groups in total. The zero-order valence-corrected chi connectivity index (χ0v) is 12.4. The standard InChI is InChI=1S/C16H20N2O3/c1-11-9-18-16(21-11)12(2)17-10-13-4-5-14-15(8-13)20-7-3-6-19-14/h4-5,8-9,12,17H,3,6-7,10H2,1-2H3. The summed E-state index contributed by atoms with van der Waals surface area (Å²) in [5, 5.41) is 3.40. The van der Waals surface area contributed by atoms with Gasteiger partial charge in [-0.2, -0.15) is 0 Å². The number of hydrogen-bond acceptors (Lipinski definition) is 5. The lowest BCUT2D eigenvalue weighted by atomic mass is 10.2. The summed E-state index contributed by atoms with van der Waals surface area (Å²) in [5.74, 6) is 3.19. The van der Waals surface area contributed by atoms with Crippen molar-refractivity contribution < 1.29 is 13.9 Å². The highest BCUT2D eigenvalue weighted by Gasteiger charge is 2.13. The van der Waals surface area contributed by atoms with Crippen molar-refractivity contribution in [3.05, 3.63) is 41.6 Å². The molecule has 0 saturated carbocycles.